The van der Waals surface area contributed by atoms with Gasteiger partial charge in [-0.15, -0.1) is 0 Å². The second-order valence-corrected chi connectivity index (χ2v) is 8.87. The van der Waals surface area contributed by atoms with Gasteiger partial charge in [0.1, 0.15) is 17.8 Å². The molecule has 30 heavy (non-hydrogen) atoms. The van der Waals surface area contributed by atoms with Crippen molar-refractivity contribution in [1.29, 1.82) is 0 Å². The molecule has 5 nitrogen and oxygen atoms in total. The van der Waals surface area contributed by atoms with Crippen LogP contribution in [0.3, 0.4) is 0 Å². The minimum atomic E-state index is -1.39. The van der Waals surface area contributed by atoms with Crippen molar-refractivity contribution in [2.45, 2.75) is 44.2 Å². The fourth-order valence-electron chi connectivity index (χ4n) is 3.32. The molecule has 164 valence electrons. The quantitative estimate of drug-likeness (QED) is 0.522. The van der Waals surface area contributed by atoms with E-state index in [1.807, 2.05) is 0 Å². The van der Waals surface area contributed by atoms with Gasteiger partial charge < -0.3 is 24.1 Å². The van der Waals surface area contributed by atoms with Crippen molar-refractivity contribution >= 4 is 46.4 Å². The van der Waals surface area contributed by atoms with Crippen molar-refractivity contribution in [3.8, 4) is 0 Å². The lowest BCUT2D eigenvalue weighted by Crippen LogP contribution is -2.48. The smallest absolute Gasteiger partial charge is 0.188 e. The molecular formula is C21H22Cl4O5. The molecule has 0 radical (unpaired) electrons. The zero-order valence-electron chi connectivity index (χ0n) is 16.4. The van der Waals surface area contributed by atoms with Gasteiger partial charge in [-0.25, -0.2) is 0 Å². The number of rotatable bonds is 8. The Labute approximate surface area is 195 Å². The van der Waals surface area contributed by atoms with Crippen LogP contribution in [0.25, 0.3) is 0 Å². The second kappa shape index (κ2) is 10.3. The van der Waals surface area contributed by atoms with E-state index < -0.39 is 24.1 Å². The molecule has 9 heteroatoms. The van der Waals surface area contributed by atoms with Crippen LogP contribution in [-0.4, -0.2) is 42.9 Å². The van der Waals surface area contributed by atoms with Crippen molar-refractivity contribution in [3.63, 3.8) is 0 Å². The molecule has 2 aromatic carbocycles. The van der Waals surface area contributed by atoms with E-state index >= 15 is 0 Å². The molecule has 1 aliphatic heterocycles. The standard InChI is InChI=1S/C21H22Cl4O5/c1-21(26)19(29-10-13-4-6-15(23)8-17(13)25)18(30-20(21)27-2)11-28-9-12-3-5-14(22)7-16(12)24/h3-8,18-20,26H,9-11H2,1-2H3/t18?,19-,20?,21?/m1/s1. The minimum absolute atomic E-state index is 0.161. The van der Waals surface area contributed by atoms with Crippen molar-refractivity contribution in [1.82, 2.24) is 0 Å². The molecular weight excluding hydrogens is 474 g/mol. The molecule has 0 spiro atoms. The maximum absolute atomic E-state index is 10.9. The summed E-state index contributed by atoms with van der Waals surface area (Å²) < 4.78 is 22.9. The topological polar surface area (TPSA) is 57.2 Å². The molecule has 0 aliphatic carbocycles. The van der Waals surface area contributed by atoms with Gasteiger partial charge in [-0.05, 0) is 42.3 Å². The van der Waals surface area contributed by atoms with E-state index in [2.05, 4.69) is 0 Å². The molecule has 1 heterocycles. The van der Waals surface area contributed by atoms with Gasteiger partial charge in [0.05, 0.1) is 19.8 Å². The minimum Gasteiger partial charge on any atom is -0.382 e. The third-order valence-corrected chi connectivity index (χ3v) is 6.07. The van der Waals surface area contributed by atoms with Gasteiger partial charge in [0.25, 0.3) is 0 Å². The summed E-state index contributed by atoms with van der Waals surface area (Å²) in [6, 6.07) is 10.3. The Kier molecular flexibility index (Phi) is 8.29. The number of hydrogen-bond donors (Lipinski definition) is 1. The van der Waals surface area contributed by atoms with Crippen molar-refractivity contribution in [2.24, 2.45) is 0 Å². The van der Waals surface area contributed by atoms with Crippen LogP contribution in [0.4, 0.5) is 0 Å². The summed E-state index contributed by atoms with van der Waals surface area (Å²) in [4.78, 5) is 0. The first-order valence-electron chi connectivity index (χ1n) is 9.20. The van der Waals surface area contributed by atoms with Gasteiger partial charge in [-0.3, -0.25) is 0 Å². The summed E-state index contributed by atoms with van der Waals surface area (Å²) in [6.45, 7) is 2.18. The molecule has 2 aromatic rings. The molecule has 3 rings (SSSR count). The monoisotopic (exact) mass is 494 g/mol. The van der Waals surface area contributed by atoms with E-state index in [0.29, 0.717) is 20.1 Å². The van der Waals surface area contributed by atoms with Crippen LogP contribution in [-0.2, 0) is 32.2 Å². The Hall–Kier alpha value is -0.600. The molecule has 0 aromatic heterocycles. The van der Waals surface area contributed by atoms with E-state index in [0.717, 1.165) is 11.1 Å². The molecule has 4 atom stereocenters. The number of methoxy groups -OCH3 is 1. The van der Waals surface area contributed by atoms with E-state index in [1.165, 1.54) is 7.11 Å². The Morgan fingerprint density at radius 2 is 1.53 bits per heavy atom. The van der Waals surface area contributed by atoms with E-state index in [9.17, 15) is 5.11 Å². The summed E-state index contributed by atoms with van der Waals surface area (Å²) in [7, 11) is 1.46. The molecule has 1 N–H and O–H groups in total. The normalized spacial score (nSPS) is 26.3. The Balaban J connectivity index is 1.66. The maximum Gasteiger partial charge on any atom is 0.188 e. The SMILES string of the molecule is COC1OC(COCc2ccc(Cl)cc2Cl)[C@@H](OCc2ccc(Cl)cc2Cl)C1(C)O. The summed E-state index contributed by atoms with van der Waals surface area (Å²) >= 11 is 24.3. The van der Waals surface area contributed by atoms with Crippen LogP contribution in [0, 0.1) is 0 Å². The fraction of sp³-hybridized carbons (Fsp3) is 0.429. The first-order valence-corrected chi connectivity index (χ1v) is 10.7. The second-order valence-electron chi connectivity index (χ2n) is 7.19. The van der Waals surface area contributed by atoms with Crippen molar-refractivity contribution in [3.05, 3.63) is 67.6 Å². The summed E-state index contributed by atoms with van der Waals surface area (Å²) in [5, 5.41) is 13.0. The summed E-state index contributed by atoms with van der Waals surface area (Å²) in [6.07, 6.45) is -2.15. The average molecular weight is 496 g/mol. The van der Waals surface area contributed by atoms with Gasteiger partial charge in [0.15, 0.2) is 6.29 Å². The summed E-state index contributed by atoms with van der Waals surface area (Å²) in [5.74, 6) is 0. The van der Waals surface area contributed by atoms with Crippen LogP contribution >= 0.6 is 46.4 Å². The molecule has 0 bridgehead atoms. The highest BCUT2D eigenvalue weighted by Crippen LogP contribution is 2.35. The molecule has 1 aliphatic rings. The van der Waals surface area contributed by atoms with E-state index in [1.54, 1.807) is 43.3 Å². The van der Waals surface area contributed by atoms with Crippen molar-refractivity contribution < 1.29 is 24.1 Å². The van der Waals surface area contributed by atoms with Crippen molar-refractivity contribution in [2.75, 3.05) is 13.7 Å². The first kappa shape index (κ1) is 24.1. The largest absolute Gasteiger partial charge is 0.382 e. The molecule has 0 saturated carbocycles. The number of ether oxygens (including phenoxy) is 4. The number of halogens is 4. The van der Waals surface area contributed by atoms with Gasteiger partial charge >= 0.3 is 0 Å². The van der Waals surface area contributed by atoms with Gasteiger partial charge in [0.2, 0.25) is 0 Å². The zero-order valence-corrected chi connectivity index (χ0v) is 19.4. The highest BCUT2D eigenvalue weighted by atomic mass is 35.5. The Morgan fingerprint density at radius 1 is 0.967 bits per heavy atom. The molecule has 3 unspecified atom stereocenters. The predicted molar refractivity (Wildman–Crippen MR) is 117 cm³/mol. The number of hydrogen-bond acceptors (Lipinski definition) is 5. The third-order valence-electron chi connectivity index (χ3n) is 4.89. The lowest BCUT2D eigenvalue weighted by Gasteiger charge is -2.29. The Bertz CT molecular complexity index is 876. The number of aliphatic hydroxyl groups is 1. The lowest BCUT2D eigenvalue weighted by molar-refractivity contribution is -0.190. The predicted octanol–water partition coefficient (Wildman–Crippen LogP) is 5.52. The van der Waals surface area contributed by atoms with Crippen LogP contribution in [0.5, 0.6) is 0 Å². The fourth-order valence-corrected chi connectivity index (χ4v) is 4.24. The summed E-state index contributed by atoms with van der Waals surface area (Å²) in [5.41, 5.74) is 0.143. The average Bonchev–Trinajstić information content (AvgIpc) is 2.92. The number of benzene rings is 2. The van der Waals surface area contributed by atoms with E-state index in [4.69, 9.17) is 65.4 Å². The van der Waals surface area contributed by atoms with Crippen LogP contribution in [0.2, 0.25) is 20.1 Å². The Morgan fingerprint density at radius 3 is 2.07 bits per heavy atom. The molecule has 0 amide bonds. The van der Waals surface area contributed by atoms with Gasteiger partial charge in [-0.2, -0.15) is 0 Å². The third kappa shape index (κ3) is 5.60. The first-order chi connectivity index (χ1) is 14.2. The highest BCUT2D eigenvalue weighted by molar-refractivity contribution is 6.35. The van der Waals surface area contributed by atoms with Crippen LogP contribution in [0.15, 0.2) is 36.4 Å². The maximum atomic E-state index is 10.9. The van der Waals surface area contributed by atoms with E-state index in [-0.39, 0.29) is 19.8 Å². The van der Waals surface area contributed by atoms with Crippen LogP contribution < -0.4 is 0 Å². The molecule has 1 saturated heterocycles. The van der Waals surface area contributed by atoms with Crippen LogP contribution in [0.1, 0.15) is 18.1 Å². The molecule has 1 fully saturated rings. The lowest BCUT2D eigenvalue weighted by atomic mass is 9.97. The zero-order chi connectivity index (χ0) is 21.9. The highest BCUT2D eigenvalue weighted by Gasteiger charge is 2.54. The van der Waals surface area contributed by atoms with Gasteiger partial charge in [-0.1, -0.05) is 58.5 Å². The van der Waals surface area contributed by atoms with Gasteiger partial charge in [0, 0.05) is 27.2 Å².